The molecule has 1 aliphatic rings. The van der Waals surface area contributed by atoms with E-state index < -0.39 is 0 Å². The van der Waals surface area contributed by atoms with Crippen molar-refractivity contribution in [3.63, 3.8) is 0 Å². The highest BCUT2D eigenvalue weighted by Gasteiger charge is 2.14. The molecule has 3 heteroatoms. The lowest BCUT2D eigenvalue weighted by Crippen LogP contribution is -2.33. The quantitative estimate of drug-likeness (QED) is 0.516. The van der Waals surface area contributed by atoms with Gasteiger partial charge in [-0.05, 0) is 32.7 Å². The normalized spacial score (nSPS) is 18.7. The van der Waals surface area contributed by atoms with Gasteiger partial charge < -0.3 is 14.8 Å². The highest BCUT2D eigenvalue weighted by molar-refractivity contribution is 5.13. The van der Waals surface area contributed by atoms with Gasteiger partial charge in [0, 0.05) is 7.11 Å². The SMILES string of the molecule is CNC(COCCOC)C1=CCCCC1. The van der Waals surface area contributed by atoms with E-state index in [1.54, 1.807) is 7.11 Å². The Morgan fingerprint density at radius 2 is 2.27 bits per heavy atom. The molecule has 0 saturated heterocycles. The van der Waals surface area contributed by atoms with Gasteiger partial charge in [-0.15, -0.1) is 0 Å². The zero-order chi connectivity index (χ0) is 10.9. The molecule has 0 spiro atoms. The first-order chi connectivity index (χ1) is 7.38. The molecule has 1 rings (SSSR count). The maximum atomic E-state index is 5.55. The number of ether oxygens (including phenoxy) is 2. The minimum absolute atomic E-state index is 0.391. The fourth-order valence-electron chi connectivity index (χ4n) is 1.90. The van der Waals surface area contributed by atoms with Crippen LogP contribution in [0.3, 0.4) is 0 Å². The molecule has 3 nitrogen and oxygen atoms in total. The van der Waals surface area contributed by atoms with Crippen molar-refractivity contribution >= 4 is 0 Å². The molecule has 15 heavy (non-hydrogen) atoms. The van der Waals surface area contributed by atoms with Crippen molar-refractivity contribution in [2.24, 2.45) is 0 Å². The van der Waals surface area contributed by atoms with Crippen LogP contribution in [-0.4, -0.2) is 40.0 Å². The predicted octanol–water partition coefficient (Wildman–Crippen LogP) is 1.74. The molecule has 88 valence electrons. The average Bonchev–Trinajstić information content (AvgIpc) is 2.30. The number of nitrogens with one attached hydrogen (secondary N) is 1. The van der Waals surface area contributed by atoms with Gasteiger partial charge >= 0.3 is 0 Å². The van der Waals surface area contributed by atoms with Crippen LogP contribution in [0.2, 0.25) is 0 Å². The Hall–Kier alpha value is -0.380. The first-order valence-electron chi connectivity index (χ1n) is 5.81. The average molecular weight is 213 g/mol. The fourth-order valence-corrected chi connectivity index (χ4v) is 1.90. The Bertz CT molecular complexity index is 192. The van der Waals surface area contributed by atoms with Gasteiger partial charge in [0.05, 0.1) is 25.9 Å². The largest absolute Gasteiger partial charge is 0.382 e. The molecule has 0 aliphatic heterocycles. The van der Waals surface area contributed by atoms with Crippen LogP contribution in [0.5, 0.6) is 0 Å². The summed E-state index contributed by atoms with van der Waals surface area (Å²) in [6.45, 7) is 2.11. The van der Waals surface area contributed by atoms with Crippen LogP contribution in [-0.2, 0) is 9.47 Å². The van der Waals surface area contributed by atoms with Gasteiger partial charge in [0.25, 0.3) is 0 Å². The van der Waals surface area contributed by atoms with E-state index in [0.717, 1.165) is 6.61 Å². The smallest absolute Gasteiger partial charge is 0.0701 e. The summed E-state index contributed by atoms with van der Waals surface area (Å²) in [5.41, 5.74) is 1.51. The van der Waals surface area contributed by atoms with Crippen LogP contribution >= 0.6 is 0 Å². The van der Waals surface area contributed by atoms with Crippen molar-refractivity contribution in [2.45, 2.75) is 31.7 Å². The Labute approximate surface area is 92.8 Å². The number of allylic oxidation sites excluding steroid dienone is 1. The molecule has 0 bridgehead atoms. The maximum Gasteiger partial charge on any atom is 0.0701 e. The summed E-state index contributed by atoms with van der Waals surface area (Å²) in [6, 6.07) is 0.391. The molecule has 0 aromatic heterocycles. The third-order valence-corrected chi connectivity index (χ3v) is 2.84. The van der Waals surface area contributed by atoms with Crippen molar-refractivity contribution in [1.29, 1.82) is 0 Å². The molecule has 0 saturated carbocycles. The molecule has 1 unspecified atom stereocenters. The fraction of sp³-hybridized carbons (Fsp3) is 0.833. The van der Waals surface area contributed by atoms with Crippen LogP contribution in [0.4, 0.5) is 0 Å². The first kappa shape index (κ1) is 12.7. The van der Waals surface area contributed by atoms with Crippen LogP contribution in [0.1, 0.15) is 25.7 Å². The molecule has 0 amide bonds. The second-order valence-corrected chi connectivity index (χ2v) is 3.93. The second kappa shape index (κ2) is 7.85. The van der Waals surface area contributed by atoms with Gasteiger partial charge in [-0.25, -0.2) is 0 Å². The third kappa shape index (κ3) is 4.78. The summed E-state index contributed by atoms with van der Waals surface area (Å²) < 4.78 is 10.5. The molecular weight excluding hydrogens is 190 g/mol. The van der Waals surface area contributed by atoms with Crippen LogP contribution < -0.4 is 5.32 Å². The second-order valence-electron chi connectivity index (χ2n) is 3.93. The molecule has 0 aromatic rings. The zero-order valence-electron chi connectivity index (χ0n) is 9.92. The van der Waals surface area contributed by atoms with E-state index in [2.05, 4.69) is 11.4 Å². The minimum atomic E-state index is 0.391. The van der Waals surface area contributed by atoms with Crippen molar-refractivity contribution in [1.82, 2.24) is 5.32 Å². The van der Waals surface area contributed by atoms with Crippen molar-refractivity contribution in [3.8, 4) is 0 Å². The highest BCUT2D eigenvalue weighted by Crippen LogP contribution is 2.20. The van der Waals surface area contributed by atoms with E-state index in [1.807, 2.05) is 7.05 Å². The van der Waals surface area contributed by atoms with Crippen molar-refractivity contribution in [2.75, 3.05) is 34.0 Å². The molecule has 0 radical (unpaired) electrons. The van der Waals surface area contributed by atoms with Gasteiger partial charge in [-0.3, -0.25) is 0 Å². The predicted molar refractivity (Wildman–Crippen MR) is 62.1 cm³/mol. The molecule has 1 N–H and O–H groups in total. The molecule has 0 fully saturated rings. The third-order valence-electron chi connectivity index (χ3n) is 2.84. The van der Waals surface area contributed by atoms with E-state index >= 15 is 0 Å². The molecule has 0 aromatic carbocycles. The Morgan fingerprint density at radius 3 is 2.87 bits per heavy atom. The summed E-state index contributed by atoms with van der Waals surface area (Å²) in [5.74, 6) is 0. The summed E-state index contributed by atoms with van der Waals surface area (Å²) in [6.07, 6.45) is 7.47. The molecule has 0 heterocycles. The van der Waals surface area contributed by atoms with E-state index in [0.29, 0.717) is 19.3 Å². The number of rotatable bonds is 7. The van der Waals surface area contributed by atoms with Crippen LogP contribution in [0.25, 0.3) is 0 Å². The standard InChI is InChI=1S/C12H23NO2/c1-13-12(10-15-9-8-14-2)11-6-4-3-5-7-11/h6,12-13H,3-5,7-10H2,1-2H3. The van der Waals surface area contributed by atoms with Crippen molar-refractivity contribution < 1.29 is 9.47 Å². The maximum absolute atomic E-state index is 5.55. The minimum Gasteiger partial charge on any atom is -0.382 e. The topological polar surface area (TPSA) is 30.5 Å². The van der Waals surface area contributed by atoms with E-state index in [1.165, 1.54) is 31.3 Å². The first-order valence-corrected chi connectivity index (χ1v) is 5.81. The molecule has 1 aliphatic carbocycles. The zero-order valence-corrected chi connectivity index (χ0v) is 9.92. The van der Waals surface area contributed by atoms with Gasteiger partial charge in [0.2, 0.25) is 0 Å². The Kier molecular flexibility index (Phi) is 6.64. The lowest BCUT2D eigenvalue weighted by atomic mass is 9.94. The summed E-state index contributed by atoms with van der Waals surface area (Å²) in [5, 5.41) is 3.31. The lowest BCUT2D eigenvalue weighted by molar-refractivity contribution is 0.0634. The Balaban J connectivity index is 2.25. The van der Waals surface area contributed by atoms with Gasteiger partial charge in [-0.2, -0.15) is 0 Å². The van der Waals surface area contributed by atoms with Crippen LogP contribution in [0.15, 0.2) is 11.6 Å². The highest BCUT2D eigenvalue weighted by atomic mass is 16.5. The van der Waals surface area contributed by atoms with Gasteiger partial charge in [-0.1, -0.05) is 11.6 Å². The van der Waals surface area contributed by atoms with Gasteiger partial charge in [0.1, 0.15) is 0 Å². The van der Waals surface area contributed by atoms with E-state index in [4.69, 9.17) is 9.47 Å². The summed E-state index contributed by atoms with van der Waals surface area (Å²) in [4.78, 5) is 0. The molecular formula is C12H23NO2. The van der Waals surface area contributed by atoms with Crippen molar-refractivity contribution in [3.05, 3.63) is 11.6 Å². The number of hydrogen-bond acceptors (Lipinski definition) is 3. The summed E-state index contributed by atoms with van der Waals surface area (Å²) in [7, 11) is 3.70. The Morgan fingerprint density at radius 1 is 1.40 bits per heavy atom. The number of hydrogen-bond donors (Lipinski definition) is 1. The van der Waals surface area contributed by atoms with E-state index in [9.17, 15) is 0 Å². The number of likely N-dealkylation sites (N-methyl/N-ethyl adjacent to an activating group) is 1. The molecule has 1 atom stereocenters. The lowest BCUT2D eigenvalue weighted by Gasteiger charge is -2.22. The van der Waals surface area contributed by atoms with E-state index in [-0.39, 0.29) is 0 Å². The van der Waals surface area contributed by atoms with Crippen LogP contribution in [0, 0.1) is 0 Å². The number of methoxy groups -OCH3 is 1. The monoisotopic (exact) mass is 213 g/mol. The van der Waals surface area contributed by atoms with Gasteiger partial charge in [0.15, 0.2) is 0 Å². The summed E-state index contributed by atoms with van der Waals surface area (Å²) >= 11 is 0.